The minimum Gasteiger partial charge on any atom is -0.468 e. The van der Waals surface area contributed by atoms with E-state index in [1.807, 2.05) is 0 Å². The van der Waals surface area contributed by atoms with E-state index < -0.39 is 12.8 Å². The summed E-state index contributed by atoms with van der Waals surface area (Å²) in [4.78, 5) is 11.6. The zero-order chi connectivity index (χ0) is 13.9. The van der Waals surface area contributed by atoms with Crippen LogP contribution in [0, 0.1) is 0 Å². The van der Waals surface area contributed by atoms with Gasteiger partial charge in [0.25, 0.3) is 0 Å². The molecule has 5 nitrogen and oxygen atoms in total. The highest BCUT2D eigenvalue weighted by Crippen LogP contribution is 2.20. The molecule has 0 aliphatic carbocycles. The van der Waals surface area contributed by atoms with Gasteiger partial charge in [-0.3, -0.25) is 4.98 Å². The zero-order valence-corrected chi connectivity index (χ0v) is 9.55. The van der Waals surface area contributed by atoms with Crippen LogP contribution < -0.4 is 10.5 Å². The Labute approximate surface area is 106 Å². The minimum absolute atomic E-state index is 0.107. The van der Waals surface area contributed by atoms with Crippen LogP contribution >= 0.6 is 0 Å². The molecule has 0 saturated heterocycles. The van der Waals surface area contributed by atoms with Gasteiger partial charge in [0.05, 0.1) is 18.1 Å². The molecule has 19 heavy (non-hydrogen) atoms. The van der Waals surface area contributed by atoms with Crippen LogP contribution in [-0.4, -0.2) is 27.7 Å². The van der Waals surface area contributed by atoms with Crippen molar-refractivity contribution in [2.45, 2.75) is 6.18 Å². The molecule has 0 aliphatic rings. The normalized spacial score (nSPS) is 11.3. The summed E-state index contributed by atoms with van der Waals surface area (Å²) < 4.78 is 40.3. The number of aromatic nitrogens is 3. The van der Waals surface area contributed by atoms with Gasteiger partial charge in [0.1, 0.15) is 5.82 Å². The third-order valence-electron chi connectivity index (χ3n) is 2.09. The van der Waals surface area contributed by atoms with Gasteiger partial charge in [-0.2, -0.15) is 13.2 Å². The van der Waals surface area contributed by atoms with Crippen LogP contribution in [0.15, 0.2) is 30.7 Å². The Morgan fingerprint density at radius 2 is 1.84 bits per heavy atom. The van der Waals surface area contributed by atoms with Crippen LogP contribution in [-0.2, 0) is 0 Å². The first-order valence-electron chi connectivity index (χ1n) is 5.17. The monoisotopic (exact) mass is 270 g/mol. The number of ether oxygens (including phenoxy) is 1. The summed E-state index contributed by atoms with van der Waals surface area (Å²) in [6.07, 6.45) is -0.208. The first-order valence-corrected chi connectivity index (χ1v) is 5.17. The van der Waals surface area contributed by atoms with Gasteiger partial charge in [0.2, 0.25) is 5.88 Å². The molecule has 2 aromatic rings. The summed E-state index contributed by atoms with van der Waals surface area (Å²) >= 11 is 0. The van der Waals surface area contributed by atoms with E-state index in [0.717, 1.165) is 0 Å². The number of anilines is 1. The first-order chi connectivity index (χ1) is 8.94. The molecule has 0 aromatic carbocycles. The highest BCUT2D eigenvalue weighted by atomic mass is 19.4. The van der Waals surface area contributed by atoms with E-state index in [9.17, 15) is 13.2 Å². The maximum Gasteiger partial charge on any atom is 0.422 e. The first kappa shape index (κ1) is 13.1. The molecule has 0 saturated carbocycles. The third kappa shape index (κ3) is 3.80. The Bertz CT molecular complexity index is 539. The second kappa shape index (κ2) is 5.09. The number of hydrogen-bond acceptors (Lipinski definition) is 5. The number of halogens is 3. The van der Waals surface area contributed by atoms with E-state index in [2.05, 4.69) is 19.7 Å². The van der Waals surface area contributed by atoms with E-state index in [0.29, 0.717) is 11.3 Å². The molecule has 2 rings (SSSR count). The molecular formula is C11H9F3N4O. The molecular weight excluding hydrogens is 261 g/mol. The summed E-state index contributed by atoms with van der Waals surface area (Å²) in [6, 6.07) is 2.87. The highest BCUT2D eigenvalue weighted by molar-refractivity contribution is 5.57. The standard InChI is InChI=1S/C11H9F3N4O/c12-11(13,14)6-19-10-2-1-7(3-18-10)8-4-17-9(15)5-16-8/h1-5H,6H2,(H2,15,17). The second-order valence-electron chi connectivity index (χ2n) is 3.62. The van der Waals surface area contributed by atoms with E-state index in [-0.39, 0.29) is 11.7 Å². The van der Waals surface area contributed by atoms with Gasteiger partial charge in [0, 0.05) is 17.8 Å². The Balaban J connectivity index is 2.08. The molecule has 100 valence electrons. The van der Waals surface area contributed by atoms with Crippen molar-refractivity contribution in [1.82, 2.24) is 15.0 Å². The smallest absolute Gasteiger partial charge is 0.422 e. The SMILES string of the molecule is Nc1cnc(-c2ccc(OCC(F)(F)F)nc2)cn1. The van der Waals surface area contributed by atoms with Crippen molar-refractivity contribution in [2.75, 3.05) is 12.3 Å². The maximum absolute atomic E-state index is 11.9. The Hall–Kier alpha value is -2.38. The highest BCUT2D eigenvalue weighted by Gasteiger charge is 2.28. The van der Waals surface area contributed by atoms with E-state index >= 15 is 0 Å². The van der Waals surface area contributed by atoms with Crippen molar-refractivity contribution in [3.63, 3.8) is 0 Å². The van der Waals surface area contributed by atoms with E-state index in [4.69, 9.17) is 5.73 Å². The molecule has 0 atom stereocenters. The molecule has 0 radical (unpaired) electrons. The lowest BCUT2D eigenvalue weighted by Crippen LogP contribution is -2.19. The molecule has 0 spiro atoms. The second-order valence-corrected chi connectivity index (χ2v) is 3.62. The fourth-order valence-electron chi connectivity index (χ4n) is 1.26. The van der Waals surface area contributed by atoms with Crippen molar-refractivity contribution >= 4 is 5.82 Å². The average molecular weight is 270 g/mol. The Morgan fingerprint density at radius 1 is 1.05 bits per heavy atom. The molecule has 0 aliphatic heterocycles. The lowest BCUT2D eigenvalue weighted by Gasteiger charge is -2.08. The Kier molecular flexibility index (Phi) is 3.50. The number of nitrogens with two attached hydrogens (primary N) is 1. The van der Waals surface area contributed by atoms with E-state index in [1.165, 1.54) is 24.7 Å². The van der Waals surface area contributed by atoms with Gasteiger partial charge in [-0.1, -0.05) is 0 Å². The molecule has 0 unspecified atom stereocenters. The summed E-state index contributed by atoms with van der Waals surface area (Å²) in [6.45, 7) is -1.37. The number of nitrogen functional groups attached to an aromatic ring is 1. The Morgan fingerprint density at radius 3 is 2.37 bits per heavy atom. The summed E-state index contributed by atoms with van der Waals surface area (Å²) in [5.74, 6) is 0.173. The van der Waals surface area contributed by atoms with Crippen molar-refractivity contribution in [2.24, 2.45) is 0 Å². The van der Waals surface area contributed by atoms with Crippen molar-refractivity contribution in [3.8, 4) is 17.1 Å². The van der Waals surface area contributed by atoms with Gasteiger partial charge in [-0.25, -0.2) is 9.97 Å². The van der Waals surface area contributed by atoms with Gasteiger partial charge in [0.15, 0.2) is 6.61 Å². The molecule has 0 amide bonds. The predicted octanol–water partition coefficient (Wildman–Crippen LogP) is 2.06. The topological polar surface area (TPSA) is 73.9 Å². The molecule has 0 fully saturated rings. The number of pyridine rings is 1. The molecule has 2 heterocycles. The predicted molar refractivity (Wildman–Crippen MR) is 61.2 cm³/mol. The maximum atomic E-state index is 11.9. The summed E-state index contributed by atoms with van der Waals surface area (Å²) in [7, 11) is 0. The van der Waals surface area contributed by atoms with Crippen LogP contribution in [0.4, 0.5) is 19.0 Å². The van der Waals surface area contributed by atoms with Crippen molar-refractivity contribution < 1.29 is 17.9 Å². The van der Waals surface area contributed by atoms with Gasteiger partial charge in [-0.05, 0) is 6.07 Å². The summed E-state index contributed by atoms with van der Waals surface area (Å²) in [5.41, 5.74) is 6.51. The van der Waals surface area contributed by atoms with Crippen molar-refractivity contribution in [3.05, 3.63) is 30.7 Å². The van der Waals surface area contributed by atoms with E-state index in [1.54, 1.807) is 6.07 Å². The number of hydrogen-bond donors (Lipinski definition) is 1. The quantitative estimate of drug-likeness (QED) is 0.924. The fraction of sp³-hybridized carbons (Fsp3) is 0.182. The lowest BCUT2D eigenvalue weighted by atomic mass is 10.2. The van der Waals surface area contributed by atoms with Crippen LogP contribution in [0.1, 0.15) is 0 Å². The average Bonchev–Trinajstić information content (AvgIpc) is 2.37. The number of rotatable bonds is 3. The number of nitrogens with zero attached hydrogens (tertiary/aromatic N) is 3. The van der Waals surface area contributed by atoms with Crippen LogP contribution in [0.25, 0.3) is 11.3 Å². The molecule has 2 aromatic heterocycles. The number of alkyl halides is 3. The summed E-state index contributed by atoms with van der Waals surface area (Å²) in [5, 5.41) is 0. The van der Waals surface area contributed by atoms with Crippen molar-refractivity contribution in [1.29, 1.82) is 0 Å². The molecule has 0 bridgehead atoms. The fourth-order valence-corrected chi connectivity index (χ4v) is 1.26. The van der Waals surface area contributed by atoms with Gasteiger partial charge < -0.3 is 10.5 Å². The van der Waals surface area contributed by atoms with Crippen LogP contribution in [0.3, 0.4) is 0 Å². The molecule has 8 heteroatoms. The third-order valence-corrected chi connectivity index (χ3v) is 2.09. The largest absolute Gasteiger partial charge is 0.468 e. The van der Waals surface area contributed by atoms with Gasteiger partial charge in [-0.15, -0.1) is 0 Å². The van der Waals surface area contributed by atoms with Crippen LogP contribution in [0.2, 0.25) is 0 Å². The zero-order valence-electron chi connectivity index (χ0n) is 9.55. The molecule has 2 N–H and O–H groups in total. The lowest BCUT2D eigenvalue weighted by molar-refractivity contribution is -0.154. The van der Waals surface area contributed by atoms with Crippen LogP contribution in [0.5, 0.6) is 5.88 Å². The van der Waals surface area contributed by atoms with Gasteiger partial charge >= 0.3 is 6.18 Å². The minimum atomic E-state index is -4.39.